The van der Waals surface area contributed by atoms with Gasteiger partial charge in [0, 0.05) is 32.3 Å². The van der Waals surface area contributed by atoms with E-state index in [4.69, 9.17) is 14.2 Å². The van der Waals surface area contributed by atoms with E-state index >= 15 is 0 Å². The van der Waals surface area contributed by atoms with Gasteiger partial charge in [-0.05, 0) is 30.2 Å². The van der Waals surface area contributed by atoms with E-state index < -0.39 is 0 Å². The lowest BCUT2D eigenvalue weighted by atomic mass is 10.2. The van der Waals surface area contributed by atoms with Crippen molar-refractivity contribution in [2.24, 2.45) is 0 Å². The molecule has 25 heavy (non-hydrogen) atoms. The average molecular weight is 348 g/mol. The Kier molecular flexibility index (Phi) is 8.28. The van der Waals surface area contributed by atoms with Crippen LogP contribution in [-0.4, -0.2) is 63.9 Å². The first-order valence-electron chi connectivity index (χ1n) is 8.79. The third-order valence-corrected chi connectivity index (χ3v) is 3.91. The molecule has 1 aliphatic heterocycles. The summed E-state index contributed by atoms with van der Waals surface area (Å²) < 4.78 is 16.3. The molecule has 1 heterocycles. The van der Waals surface area contributed by atoms with E-state index in [2.05, 4.69) is 17.1 Å². The molecular formula is C19H28N2O4. The van der Waals surface area contributed by atoms with Gasteiger partial charge in [0.1, 0.15) is 0 Å². The Morgan fingerprint density at radius 2 is 2.12 bits per heavy atom. The molecule has 1 N–H and O–H groups in total. The van der Waals surface area contributed by atoms with Crippen molar-refractivity contribution in [1.29, 1.82) is 0 Å². The first-order valence-corrected chi connectivity index (χ1v) is 8.79. The van der Waals surface area contributed by atoms with E-state index in [1.54, 1.807) is 19.3 Å². The molecule has 1 fully saturated rings. The highest BCUT2D eigenvalue weighted by Gasteiger charge is 2.09. The molecule has 1 aromatic carbocycles. The summed E-state index contributed by atoms with van der Waals surface area (Å²) in [5, 5.41) is 2.90. The minimum Gasteiger partial charge on any atom is -0.493 e. The monoisotopic (exact) mass is 348 g/mol. The normalized spacial score (nSPS) is 15.3. The Morgan fingerprint density at radius 3 is 2.84 bits per heavy atom. The van der Waals surface area contributed by atoms with E-state index in [-0.39, 0.29) is 5.91 Å². The summed E-state index contributed by atoms with van der Waals surface area (Å²) in [6.07, 6.45) is 4.26. The topological polar surface area (TPSA) is 60.0 Å². The Bertz CT molecular complexity index is 569. The molecule has 6 heteroatoms. The van der Waals surface area contributed by atoms with Gasteiger partial charge in [-0.2, -0.15) is 0 Å². The summed E-state index contributed by atoms with van der Waals surface area (Å²) in [5.41, 5.74) is 0.893. The molecule has 0 atom stereocenters. The van der Waals surface area contributed by atoms with Crippen molar-refractivity contribution >= 4 is 12.0 Å². The first-order chi connectivity index (χ1) is 12.2. The Balaban J connectivity index is 1.80. The number of rotatable bonds is 9. The molecule has 138 valence electrons. The van der Waals surface area contributed by atoms with Gasteiger partial charge in [0.25, 0.3) is 0 Å². The van der Waals surface area contributed by atoms with Crippen molar-refractivity contribution in [2.45, 2.75) is 13.3 Å². The maximum atomic E-state index is 11.9. The van der Waals surface area contributed by atoms with Crippen molar-refractivity contribution in [3.63, 3.8) is 0 Å². The number of carbonyl (C=O) groups is 1. The number of nitrogens with one attached hydrogen (secondary N) is 1. The lowest BCUT2D eigenvalue weighted by molar-refractivity contribution is -0.116. The van der Waals surface area contributed by atoms with Crippen LogP contribution in [0.4, 0.5) is 0 Å². The van der Waals surface area contributed by atoms with Crippen LogP contribution >= 0.6 is 0 Å². The predicted octanol–water partition coefficient (Wildman–Crippen LogP) is 1.95. The van der Waals surface area contributed by atoms with Gasteiger partial charge >= 0.3 is 0 Å². The number of benzene rings is 1. The van der Waals surface area contributed by atoms with Crippen molar-refractivity contribution < 1.29 is 19.0 Å². The fourth-order valence-electron chi connectivity index (χ4n) is 2.51. The average Bonchev–Trinajstić information content (AvgIpc) is 2.65. The van der Waals surface area contributed by atoms with Crippen LogP contribution in [0.5, 0.6) is 11.5 Å². The molecule has 2 rings (SSSR count). The van der Waals surface area contributed by atoms with E-state index in [9.17, 15) is 4.79 Å². The fourth-order valence-corrected chi connectivity index (χ4v) is 2.51. The second-order valence-electron chi connectivity index (χ2n) is 5.84. The zero-order valence-corrected chi connectivity index (χ0v) is 15.1. The van der Waals surface area contributed by atoms with E-state index in [1.165, 1.54) is 0 Å². The highest BCUT2D eigenvalue weighted by molar-refractivity contribution is 5.91. The number of ether oxygens (including phenoxy) is 3. The second kappa shape index (κ2) is 10.7. The standard InChI is InChI=1S/C19H28N2O4/c1-3-12-25-17-6-4-16(15-18(17)23-2)5-7-19(22)20-8-9-21-10-13-24-14-11-21/h4-7,15H,3,8-14H2,1-2H3,(H,20,22). The molecule has 1 amide bonds. The zero-order valence-electron chi connectivity index (χ0n) is 15.1. The van der Waals surface area contributed by atoms with Gasteiger partial charge in [0.15, 0.2) is 11.5 Å². The van der Waals surface area contributed by atoms with Crippen LogP contribution < -0.4 is 14.8 Å². The third kappa shape index (κ3) is 6.76. The van der Waals surface area contributed by atoms with Gasteiger partial charge in [0.05, 0.1) is 26.9 Å². The minimum atomic E-state index is -0.0986. The van der Waals surface area contributed by atoms with E-state index in [0.717, 1.165) is 50.6 Å². The zero-order chi connectivity index (χ0) is 17.9. The summed E-state index contributed by atoms with van der Waals surface area (Å²) in [6, 6.07) is 5.64. The largest absolute Gasteiger partial charge is 0.493 e. The van der Waals surface area contributed by atoms with Crippen LogP contribution in [0, 0.1) is 0 Å². The number of hydrogen-bond donors (Lipinski definition) is 1. The molecule has 6 nitrogen and oxygen atoms in total. The number of morpholine rings is 1. The lowest BCUT2D eigenvalue weighted by Crippen LogP contribution is -2.41. The van der Waals surface area contributed by atoms with Crippen molar-refractivity contribution in [3.8, 4) is 11.5 Å². The summed E-state index contributed by atoms with van der Waals surface area (Å²) in [5.74, 6) is 1.29. The van der Waals surface area contributed by atoms with Gasteiger partial charge < -0.3 is 19.5 Å². The van der Waals surface area contributed by atoms with E-state index in [0.29, 0.717) is 18.9 Å². The third-order valence-electron chi connectivity index (χ3n) is 3.91. The molecule has 0 aliphatic carbocycles. The highest BCUT2D eigenvalue weighted by Crippen LogP contribution is 2.28. The summed E-state index contributed by atoms with van der Waals surface area (Å²) >= 11 is 0. The minimum absolute atomic E-state index is 0.0986. The van der Waals surface area contributed by atoms with Gasteiger partial charge in [-0.3, -0.25) is 9.69 Å². The molecule has 1 saturated heterocycles. The predicted molar refractivity (Wildman–Crippen MR) is 98.1 cm³/mol. The summed E-state index contributed by atoms with van der Waals surface area (Å²) in [4.78, 5) is 14.2. The fraction of sp³-hybridized carbons (Fsp3) is 0.526. The van der Waals surface area contributed by atoms with Crippen molar-refractivity contribution in [1.82, 2.24) is 10.2 Å². The maximum Gasteiger partial charge on any atom is 0.244 e. The highest BCUT2D eigenvalue weighted by atomic mass is 16.5. The van der Waals surface area contributed by atoms with Gasteiger partial charge in [-0.1, -0.05) is 13.0 Å². The van der Waals surface area contributed by atoms with Gasteiger partial charge in [0.2, 0.25) is 5.91 Å². The quantitative estimate of drug-likeness (QED) is 0.691. The smallest absolute Gasteiger partial charge is 0.244 e. The van der Waals surface area contributed by atoms with Gasteiger partial charge in [-0.25, -0.2) is 0 Å². The number of methoxy groups -OCH3 is 1. The Hall–Kier alpha value is -2.05. The maximum absolute atomic E-state index is 11.9. The lowest BCUT2D eigenvalue weighted by Gasteiger charge is -2.26. The van der Waals surface area contributed by atoms with Crippen LogP contribution in [0.2, 0.25) is 0 Å². The molecule has 0 unspecified atom stereocenters. The molecule has 1 aliphatic rings. The van der Waals surface area contributed by atoms with Crippen LogP contribution in [-0.2, 0) is 9.53 Å². The van der Waals surface area contributed by atoms with Crippen molar-refractivity contribution in [2.75, 3.05) is 53.1 Å². The molecule has 0 spiro atoms. The number of carbonyl (C=O) groups excluding carboxylic acids is 1. The van der Waals surface area contributed by atoms with Crippen molar-refractivity contribution in [3.05, 3.63) is 29.8 Å². The van der Waals surface area contributed by atoms with Crippen LogP contribution in [0.15, 0.2) is 24.3 Å². The van der Waals surface area contributed by atoms with Gasteiger partial charge in [-0.15, -0.1) is 0 Å². The van der Waals surface area contributed by atoms with Crippen LogP contribution in [0.3, 0.4) is 0 Å². The van der Waals surface area contributed by atoms with Crippen LogP contribution in [0.25, 0.3) is 6.08 Å². The Morgan fingerprint density at radius 1 is 1.32 bits per heavy atom. The molecule has 0 aromatic heterocycles. The molecule has 0 radical (unpaired) electrons. The summed E-state index contributed by atoms with van der Waals surface area (Å²) in [7, 11) is 1.61. The second-order valence-corrected chi connectivity index (χ2v) is 5.84. The molecule has 1 aromatic rings. The number of amides is 1. The number of hydrogen-bond acceptors (Lipinski definition) is 5. The van der Waals surface area contributed by atoms with Crippen LogP contribution in [0.1, 0.15) is 18.9 Å². The number of nitrogens with zero attached hydrogens (tertiary/aromatic N) is 1. The van der Waals surface area contributed by atoms with E-state index in [1.807, 2.05) is 18.2 Å². The Labute approximate surface area is 149 Å². The molecular weight excluding hydrogens is 320 g/mol. The molecule has 0 saturated carbocycles. The molecule has 0 bridgehead atoms. The summed E-state index contributed by atoms with van der Waals surface area (Å²) in [6.45, 7) is 7.59. The first kappa shape index (κ1) is 19.3. The SMILES string of the molecule is CCCOc1ccc(C=CC(=O)NCCN2CCOCC2)cc1OC.